The first-order valence-electron chi connectivity index (χ1n) is 10.3. The Morgan fingerprint density at radius 3 is 2.48 bits per heavy atom. The summed E-state index contributed by atoms with van der Waals surface area (Å²) in [6.07, 6.45) is 2.05. The van der Waals surface area contributed by atoms with Crippen LogP contribution in [0.5, 0.6) is 0 Å². The Hall–Kier alpha value is -2.35. The maximum Gasteiger partial charge on any atom is 0.233 e. The topological polar surface area (TPSA) is 71.3 Å². The van der Waals surface area contributed by atoms with Crippen molar-refractivity contribution in [3.05, 3.63) is 29.8 Å². The summed E-state index contributed by atoms with van der Waals surface area (Å²) in [5, 5.41) is 9.45. The highest BCUT2D eigenvalue weighted by atomic mass is 32.2. The molecule has 0 bridgehead atoms. The SMILES string of the molecule is CCn1c(SCC(=O)N2CCN(C(=O)C3CC3)CC2)nnc1-c1cccc(C)c1. The number of carbonyl (C=O) groups is 2. The summed E-state index contributed by atoms with van der Waals surface area (Å²) in [4.78, 5) is 28.6. The monoisotopic (exact) mass is 413 g/mol. The molecule has 8 heteroatoms. The number of hydrogen-bond acceptors (Lipinski definition) is 5. The molecule has 0 radical (unpaired) electrons. The minimum absolute atomic E-state index is 0.0938. The molecule has 1 aromatic heterocycles. The molecule has 2 aromatic rings. The fourth-order valence-corrected chi connectivity index (χ4v) is 4.57. The molecular weight excluding hydrogens is 386 g/mol. The fourth-order valence-electron chi connectivity index (χ4n) is 3.66. The van der Waals surface area contributed by atoms with Crippen molar-refractivity contribution in [1.82, 2.24) is 24.6 Å². The molecule has 1 saturated heterocycles. The van der Waals surface area contributed by atoms with E-state index >= 15 is 0 Å². The van der Waals surface area contributed by atoms with Gasteiger partial charge in [0.1, 0.15) is 0 Å². The van der Waals surface area contributed by atoms with Crippen LogP contribution in [0.4, 0.5) is 0 Å². The lowest BCUT2D eigenvalue weighted by molar-refractivity contribution is -0.139. The molecule has 4 rings (SSSR count). The van der Waals surface area contributed by atoms with Crippen LogP contribution in [-0.2, 0) is 16.1 Å². The van der Waals surface area contributed by atoms with Gasteiger partial charge in [0.15, 0.2) is 11.0 Å². The summed E-state index contributed by atoms with van der Waals surface area (Å²) >= 11 is 1.43. The molecule has 1 aromatic carbocycles. The summed E-state index contributed by atoms with van der Waals surface area (Å²) in [7, 11) is 0. The van der Waals surface area contributed by atoms with Crippen molar-refractivity contribution in [1.29, 1.82) is 0 Å². The standard InChI is InChI=1S/C21H27N5O2S/c1-3-26-19(17-6-4-5-15(2)13-17)22-23-21(26)29-14-18(27)24-9-11-25(12-10-24)20(28)16-7-8-16/h4-6,13,16H,3,7-12,14H2,1-2H3. The van der Waals surface area contributed by atoms with Gasteiger partial charge in [0.05, 0.1) is 5.75 Å². The summed E-state index contributed by atoms with van der Waals surface area (Å²) in [6.45, 7) is 7.39. The second-order valence-electron chi connectivity index (χ2n) is 7.69. The summed E-state index contributed by atoms with van der Waals surface area (Å²) < 4.78 is 2.05. The molecule has 7 nitrogen and oxygen atoms in total. The molecule has 0 unspecified atom stereocenters. The van der Waals surface area contributed by atoms with Crippen molar-refractivity contribution in [3.8, 4) is 11.4 Å². The van der Waals surface area contributed by atoms with Gasteiger partial charge in [-0.15, -0.1) is 10.2 Å². The van der Waals surface area contributed by atoms with E-state index in [1.165, 1.54) is 17.3 Å². The summed E-state index contributed by atoms with van der Waals surface area (Å²) in [5.74, 6) is 1.78. The number of hydrogen-bond donors (Lipinski definition) is 0. The van der Waals surface area contributed by atoms with E-state index in [9.17, 15) is 9.59 Å². The Bertz CT molecular complexity index is 900. The number of thioether (sulfide) groups is 1. The first-order valence-corrected chi connectivity index (χ1v) is 11.2. The number of aromatic nitrogens is 3. The van der Waals surface area contributed by atoms with Crippen molar-refractivity contribution in [2.24, 2.45) is 5.92 Å². The van der Waals surface area contributed by atoms with Crippen LogP contribution in [0.1, 0.15) is 25.3 Å². The van der Waals surface area contributed by atoms with E-state index in [0.717, 1.165) is 35.9 Å². The molecule has 0 N–H and O–H groups in total. The second-order valence-corrected chi connectivity index (χ2v) is 8.63. The van der Waals surface area contributed by atoms with Gasteiger partial charge < -0.3 is 14.4 Å². The number of aryl methyl sites for hydroxylation is 1. The smallest absolute Gasteiger partial charge is 0.233 e. The zero-order chi connectivity index (χ0) is 20.4. The molecule has 2 heterocycles. The number of benzene rings is 1. The highest BCUT2D eigenvalue weighted by molar-refractivity contribution is 7.99. The molecule has 1 saturated carbocycles. The maximum absolute atomic E-state index is 12.7. The molecule has 2 amide bonds. The first kappa shape index (κ1) is 19.9. The van der Waals surface area contributed by atoms with E-state index in [1.54, 1.807) is 0 Å². The molecule has 2 fully saturated rings. The Morgan fingerprint density at radius 2 is 1.83 bits per heavy atom. The predicted octanol–water partition coefficient (Wildman–Crippen LogP) is 2.45. The van der Waals surface area contributed by atoms with Crippen LogP contribution >= 0.6 is 11.8 Å². The molecule has 154 valence electrons. The third-order valence-electron chi connectivity index (χ3n) is 5.50. The number of carbonyl (C=O) groups excluding carboxylic acids is 2. The lowest BCUT2D eigenvalue weighted by atomic mass is 10.1. The van der Waals surface area contributed by atoms with E-state index in [0.29, 0.717) is 31.9 Å². The van der Waals surface area contributed by atoms with Crippen LogP contribution in [0.2, 0.25) is 0 Å². The predicted molar refractivity (Wildman–Crippen MR) is 112 cm³/mol. The zero-order valence-corrected chi connectivity index (χ0v) is 17.8. The van der Waals surface area contributed by atoms with E-state index < -0.39 is 0 Å². The van der Waals surface area contributed by atoms with Crippen LogP contribution in [0.15, 0.2) is 29.4 Å². The molecule has 1 aliphatic heterocycles. The largest absolute Gasteiger partial charge is 0.339 e. The minimum Gasteiger partial charge on any atom is -0.339 e. The van der Waals surface area contributed by atoms with Gasteiger partial charge >= 0.3 is 0 Å². The third-order valence-corrected chi connectivity index (χ3v) is 6.46. The maximum atomic E-state index is 12.7. The number of amides is 2. The first-order chi connectivity index (χ1) is 14.1. The van der Waals surface area contributed by atoms with Crippen molar-refractivity contribution in [3.63, 3.8) is 0 Å². The van der Waals surface area contributed by atoms with Gasteiger partial charge in [-0.05, 0) is 32.8 Å². The van der Waals surface area contributed by atoms with Crippen LogP contribution in [0, 0.1) is 12.8 Å². The van der Waals surface area contributed by atoms with Crippen molar-refractivity contribution in [2.45, 2.75) is 38.4 Å². The average Bonchev–Trinajstić information content (AvgIpc) is 3.51. The second kappa shape index (κ2) is 8.57. The molecule has 2 aliphatic rings. The van der Waals surface area contributed by atoms with Gasteiger partial charge in [0.25, 0.3) is 0 Å². The highest BCUT2D eigenvalue weighted by Crippen LogP contribution is 2.31. The van der Waals surface area contributed by atoms with Crippen LogP contribution < -0.4 is 0 Å². The normalized spacial score (nSPS) is 16.9. The van der Waals surface area contributed by atoms with E-state index in [4.69, 9.17) is 0 Å². The summed E-state index contributed by atoms with van der Waals surface area (Å²) in [6, 6.07) is 8.20. The van der Waals surface area contributed by atoms with Crippen LogP contribution in [0.3, 0.4) is 0 Å². The van der Waals surface area contributed by atoms with Gasteiger partial charge in [-0.3, -0.25) is 9.59 Å². The fraction of sp³-hybridized carbons (Fsp3) is 0.524. The average molecular weight is 414 g/mol. The number of piperazine rings is 1. The lowest BCUT2D eigenvalue weighted by Gasteiger charge is -2.34. The van der Waals surface area contributed by atoms with Gasteiger partial charge in [0, 0.05) is 44.2 Å². The lowest BCUT2D eigenvalue weighted by Crippen LogP contribution is -2.51. The molecule has 0 spiro atoms. The Morgan fingerprint density at radius 1 is 1.10 bits per heavy atom. The summed E-state index contributed by atoms with van der Waals surface area (Å²) in [5.41, 5.74) is 2.21. The zero-order valence-electron chi connectivity index (χ0n) is 17.0. The molecular formula is C21H27N5O2S. The Labute approximate surface area is 175 Å². The number of rotatable bonds is 6. The van der Waals surface area contributed by atoms with Crippen LogP contribution in [-0.4, -0.2) is 68.3 Å². The Balaban J connectivity index is 1.34. The third kappa shape index (κ3) is 4.47. The van der Waals surface area contributed by atoms with Gasteiger partial charge in [-0.25, -0.2) is 0 Å². The van der Waals surface area contributed by atoms with Crippen molar-refractivity contribution in [2.75, 3.05) is 31.9 Å². The molecule has 29 heavy (non-hydrogen) atoms. The van der Waals surface area contributed by atoms with Crippen molar-refractivity contribution >= 4 is 23.6 Å². The van der Waals surface area contributed by atoms with E-state index in [2.05, 4.69) is 40.7 Å². The van der Waals surface area contributed by atoms with Crippen LogP contribution in [0.25, 0.3) is 11.4 Å². The number of nitrogens with zero attached hydrogens (tertiary/aromatic N) is 5. The Kier molecular flexibility index (Phi) is 5.89. The van der Waals surface area contributed by atoms with Crippen molar-refractivity contribution < 1.29 is 9.59 Å². The van der Waals surface area contributed by atoms with E-state index in [1.807, 2.05) is 21.9 Å². The molecule has 1 aliphatic carbocycles. The van der Waals surface area contributed by atoms with E-state index in [-0.39, 0.29) is 17.7 Å². The highest BCUT2D eigenvalue weighted by Gasteiger charge is 2.35. The van der Waals surface area contributed by atoms with Gasteiger partial charge in [-0.1, -0.05) is 35.5 Å². The quantitative estimate of drug-likeness (QED) is 0.681. The van der Waals surface area contributed by atoms with Gasteiger partial charge in [-0.2, -0.15) is 0 Å². The molecule has 0 atom stereocenters. The van der Waals surface area contributed by atoms with Gasteiger partial charge in [0.2, 0.25) is 11.8 Å². The minimum atomic E-state index is 0.0938.